The van der Waals surface area contributed by atoms with Crippen LogP contribution in [0.3, 0.4) is 0 Å². The summed E-state index contributed by atoms with van der Waals surface area (Å²) in [5.74, 6) is 0. The van der Waals surface area contributed by atoms with E-state index in [0.29, 0.717) is 0 Å². The van der Waals surface area contributed by atoms with Crippen LogP contribution in [-0.2, 0) is 51.2 Å². The van der Waals surface area contributed by atoms with Gasteiger partial charge in [0.15, 0.2) is 17.4 Å². The first-order valence-electron chi connectivity index (χ1n) is 0. The van der Waals surface area contributed by atoms with Gasteiger partial charge in [-0.05, 0) is 0 Å². The summed E-state index contributed by atoms with van der Waals surface area (Å²) in [6.45, 7) is 0. The second-order valence-corrected chi connectivity index (χ2v) is 0. The molecule has 0 aliphatic rings. The molecule has 0 spiro atoms. The molecule has 0 aliphatic carbocycles. The Labute approximate surface area is 68.0 Å². The van der Waals surface area contributed by atoms with Crippen molar-refractivity contribution < 1.29 is 51.2 Å². The van der Waals surface area contributed by atoms with Gasteiger partial charge in [0.25, 0.3) is 0 Å². The molecule has 0 aliphatic heterocycles. The fourth-order valence-corrected chi connectivity index (χ4v) is 0. The summed E-state index contributed by atoms with van der Waals surface area (Å²) >= 11 is 0. The van der Waals surface area contributed by atoms with E-state index in [1.165, 1.54) is 0 Å². The van der Waals surface area contributed by atoms with Crippen LogP contribution in [0.1, 0.15) is 0 Å². The van der Waals surface area contributed by atoms with Gasteiger partial charge in [0.1, 0.15) is 0 Å². The quantitative estimate of drug-likeness (QED) is 0.436. The molecule has 0 saturated heterocycles. The van der Waals surface area contributed by atoms with Crippen molar-refractivity contribution in [1.82, 2.24) is 0 Å². The molecule has 0 nitrogen and oxygen atoms in total. The SMILES string of the molecule is [AlH3].[Cu].[Fe].[Fe]. The summed E-state index contributed by atoms with van der Waals surface area (Å²) in [7, 11) is 0. The smallest absolute Gasteiger partial charge is 0 e. The van der Waals surface area contributed by atoms with E-state index in [1.54, 1.807) is 0 Å². The normalized spacial score (nSPS) is 0. The van der Waals surface area contributed by atoms with Crippen LogP contribution in [0.25, 0.3) is 0 Å². The molecule has 0 bridgehead atoms. The average molecular weight is 205 g/mol. The van der Waals surface area contributed by atoms with Crippen molar-refractivity contribution in [3.8, 4) is 0 Å². The zero-order valence-corrected chi connectivity index (χ0v) is 4.16. The van der Waals surface area contributed by atoms with Crippen molar-refractivity contribution in [2.75, 3.05) is 0 Å². The van der Waals surface area contributed by atoms with Crippen molar-refractivity contribution in [3.05, 3.63) is 0 Å². The topological polar surface area (TPSA) is 0 Å². The third-order valence-electron chi connectivity index (χ3n) is 0. The minimum absolute atomic E-state index is 0. The van der Waals surface area contributed by atoms with Gasteiger partial charge in [-0.3, -0.25) is 0 Å². The van der Waals surface area contributed by atoms with E-state index in [2.05, 4.69) is 0 Å². The largest absolute Gasteiger partial charge is 0.187 e. The van der Waals surface area contributed by atoms with Gasteiger partial charge < -0.3 is 0 Å². The molecule has 0 fully saturated rings. The van der Waals surface area contributed by atoms with Gasteiger partial charge in [-0.1, -0.05) is 0 Å². The van der Waals surface area contributed by atoms with E-state index in [9.17, 15) is 0 Å². The van der Waals surface area contributed by atoms with Gasteiger partial charge >= 0.3 is 0 Å². The molecule has 0 aromatic rings. The van der Waals surface area contributed by atoms with Crippen LogP contribution in [0.2, 0.25) is 0 Å². The molecule has 0 aromatic heterocycles. The second kappa shape index (κ2) is 19.5. The van der Waals surface area contributed by atoms with Crippen molar-refractivity contribution in [2.45, 2.75) is 0 Å². The Kier molecular flexibility index (Phi) is 176. The van der Waals surface area contributed by atoms with Crippen LogP contribution in [0.5, 0.6) is 0 Å². The zero-order chi connectivity index (χ0) is 0. The molecule has 4 heavy (non-hydrogen) atoms. The van der Waals surface area contributed by atoms with Gasteiger partial charge in [-0.25, -0.2) is 0 Å². The molecule has 0 heterocycles. The van der Waals surface area contributed by atoms with Crippen molar-refractivity contribution >= 4 is 17.4 Å². The summed E-state index contributed by atoms with van der Waals surface area (Å²) in [6, 6.07) is 0. The molecule has 0 saturated carbocycles. The summed E-state index contributed by atoms with van der Waals surface area (Å²) in [5.41, 5.74) is 0. The predicted molar refractivity (Wildman–Crippen MR) is 9.94 cm³/mol. The number of hydrogen-bond acceptors (Lipinski definition) is 0. The van der Waals surface area contributed by atoms with Gasteiger partial charge in [0.2, 0.25) is 0 Å². The van der Waals surface area contributed by atoms with Gasteiger partial charge in [-0.15, -0.1) is 0 Å². The van der Waals surface area contributed by atoms with E-state index in [-0.39, 0.29) is 68.6 Å². The van der Waals surface area contributed by atoms with E-state index in [1.807, 2.05) is 0 Å². The molecular formula is H3AlCuFe2. The predicted octanol–water partition coefficient (Wildman–Crippen LogP) is -1.19. The Hall–Kier alpha value is 2.09. The first-order valence-corrected chi connectivity index (χ1v) is 0. The Morgan fingerprint density at radius 2 is 0.750 bits per heavy atom. The molecule has 33 valence electrons. The fourth-order valence-electron chi connectivity index (χ4n) is 0. The maximum atomic E-state index is 0. The molecule has 0 unspecified atom stereocenters. The van der Waals surface area contributed by atoms with Gasteiger partial charge in [0, 0.05) is 51.2 Å². The summed E-state index contributed by atoms with van der Waals surface area (Å²) in [6.07, 6.45) is 0. The molecule has 4 heteroatoms. The zero-order valence-electron chi connectivity index (χ0n) is 1.01. The first kappa shape index (κ1) is 36.1. The van der Waals surface area contributed by atoms with E-state index in [0.717, 1.165) is 0 Å². The standard InChI is InChI=1S/Al.Cu.2Fe.3H. The third-order valence-corrected chi connectivity index (χ3v) is 0. The number of hydrogen-bond donors (Lipinski definition) is 0. The Bertz CT molecular complexity index is 6.00. The molecule has 0 rings (SSSR count). The molecule has 0 amide bonds. The van der Waals surface area contributed by atoms with Crippen molar-refractivity contribution in [2.24, 2.45) is 0 Å². The monoisotopic (exact) mass is 205 g/mol. The molecule has 0 N–H and O–H groups in total. The minimum atomic E-state index is 0. The van der Waals surface area contributed by atoms with Crippen LogP contribution in [0, 0.1) is 0 Å². The Morgan fingerprint density at radius 1 is 0.750 bits per heavy atom. The Morgan fingerprint density at radius 3 is 0.750 bits per heavy atom. The fraction of sp³-hybridized carbons (Fsp3) is 0. The van der Waals surface area contributed by atoms with Crippen LogP contribution >= 0.6 is 0 Å². The third kappa shape index (κ3) is 8.94. The van der Waals surface area contributed by atoms with E-state index in [4.69, 9.17) is 0 Å². The summed E-state index contributed by atoms with van der Waals surface area (Å²) in [5, 5.41) is 0. The maximum absolute atomic E-state index is 0. The Balaban J connectivity index is 0. The van der Waals surface area contributed by atoms with Crippen LogP contribution < -0.4 is 0 Å². The summed E-state index contributed by atoms with van der Waals surface area (Å²) in [4.78, 5) is 0. The average Bonchev–Trinajstić information content (AvgIpc) is 0. The first-order chi connectivity index (χ1) is 0. The van der Waals surface area contributed by atoms with Crippen LogP contribution in [0.15, 0.2) is 0 Å². The second-order valence-electron chi connectivity index (χ2n) is 0. The van der Waals surface area contributed by atoms with Crippen molar-refractivity contribution in [1.29, 1.82) is 0 Å². The van der Waals surface area contributed by atoms with E-state index >= 15 is 0 Å². The van der Waals surface area contributed by atoms with Gasteiger partial charge in [0.05, 0.1) is 0 Å². The molecular weight excluding hydrogens is 202 g/mol. The van der Waals surface area contributed by atoms with Gasteiger partial charge in [-0.2, -0.15) is 0 Å². The molecule has 1 radical (unpaired) electrons. The van der Waals surface area contributed by atoms with Crippen LogP contribution in [-0.4, -0.2) is 17.4 Å². The summed E-state index contributed by atoms with van der Waals surface area (Å²) < 4.78 is 0. The van der Waals surface area contributed by atoms with Crippen molar-refractivity contribution in [3.63, 3.8) is 0 Å². The number of rotatable bonds is 0. The molecule has 0 aromatic carbocycles. The minimum Gasteiger partial charge on any atom is 0 e. The molecule has 0 atom stereocenters. The van der Waals surface area contributed by atoms with Crippen LogP contribution in [0.4, 0.5) is 0 Å². The van der Waals surface area contributed by atoms with E-state index < -0.39 is 0 Å². The maximum Gasteiger partial charge on any atom is 0.187 e.